The molecule has 1 atom stereocenters. The first-order chi connectivity index (χ1) is 6.90. The van der Waals surface area contributed by atoms with Crippen molar-refractivity contribution >= 4 is 22.2 Å². The Bertz CT molecular complexity index is 358. The molecule has 0 spiro atoms. The standard InChI is InChI=1S/C10H15BrN2O2/c1-7(2)13-9(8(11)6-12-13)10(3,15)4-5-14/h5-7,15H,4H2,1-3H3. The van der Waals surface area contributed by atoms with E-state index >= 15 is 0 Å². The lowest BCUT2D eigenvalue weighted by Crippen LogP contribution is -2.27. The third kappa shape index (κ3) is 2.46. The molecule has 0 saturated heterocycles. The minimum atomic E-state index is -1.18. The van der Waals surface area contributed by atoms with E-state index in [4.69, 9.17) is 0 Å². The lowest BCUT2D eigenvalue weighted by atomic mass is 9.98. The van der Waals surface area contributed by atoms with Gasteiger partial charge in [0.2, 0.25) is 0 Å². The third-order valence-electron chi connectivity index (χ3n) is 2.23. The highest BCUT2D eigenvalue weighted by Gasteiger charge is 2.30. The summed E-state index contributed by atoms with van der Waals surface area (Å²) in [5.74, 6) is 0. The average molecular weight is 275 g/mol. The van der Waals surface area contributed by atoms with Gasteiger partial charge in [-0.15, -0.1) is 0 Å². The van der Waals surface area contributed by atoms with Gasteiger partial charge in [0.15, 0.2) is 0 Å². The van der Waals surface area contributed by atoms with Gasteiger partial charge in [0.25, 0.3) is 0 Å². The first kappa shape index (κ1) is 12.4. The topological polar surface area (TPSA) is 55.1 Å². The molecule has 0 radical (unpaired) electrons. The van der Waals surface area contributed by atoms with Crippen LogP contribution in [0.15, 0.2) is 10.7 Å². The Morgan fingerprint density at radius 3 is 2.80 bits per heavy atom. The number of nitrogens with zero attached hydrogens (tertiary/aromatic N) is 2. The molecule has 5 heteroatoms. The van der Waals surface area contributed by atoms with Crippen LogP contribution in [0.3, 0.4) is 0 Å². The van der Waals surface area contributed by atoms with Crippen LogP contribution in [0.1, 0.15) is 38.9 Å². The first-order valence-electron chi connectivity index (χ1n) is 4.79. The maximum absolute atomic E-state index is 10.5. The quantitative estimate of drug-likeness (QED) is 0.855. The van der Waals surface area contributed by atoms with Crippen LogP contribution in [0.4, 0.5) is 0 Å². The van der Waals surface area contributed by atoms with Crippen LogP contribution in [0.2, 0.25) is 0 Å². The highest BCUT2D eigenvalue weighted by Crippen LogP contribution is 2.31. The van der Waals surface area contributed by atoms with Crippen molar-refractivity contribution in [3.8, 4) is 0 Å². The van der Waals surface area contributed by atoms with Crippen LogP contribution >= 0.6 is 15.9 Å². The van der Waals surface area contributed by atoms with E-state index in [2.05, 4.69) is 21.0 Å². The molecule has 0 aliphatic heterocycles. The molecule has 1 unspecified atom stereocenters. The van der Waals surface area contributed by atoms with Gasteiger partial charge in [0, 0.05) is 12.5 Å². The normalized spacial score (nSPS) is 15.3. The molecule has 0 bridgehead atoms. The summed E-state index contributed by atoms with van der Waals surface area (Å²) in [6.07, 6.45) is 2.41. The van der Waals surface area contributed by atoms with Gasteiger partial charge in [-0.2, -0.15) is 5.10 Å². The van der Waals surface area contributed by atoms with E-state index in [0.29, 0.717) is 12.0 Å². The number of aliphatic hydroxyl groups is 1. The molecule has 1 rings (SSSR count). The summed E-state index contributed by atoms with van der Waals surface area (Å²) >= 11 is 3.33. The molecule has 1 aromatic rings. The minimum Gasteiger partial charge on any atom is -0.383 e. The molecule has 0 aliphatic carbocycles. The van der Waals surface area contributed by atoms with Gasteiger partial charge >= 0.3 is 0 Å². The zero-order valence-electron chi connectivity index (χ0n) is 9.07. The second-order valence-electron chi connectivity index (χ2n) is 4.02. The number of carbonyl (C=O) groups excluding carboxylic acids is 1. The maximum atomic E-state index is 10.5. The Morgan fingerprint density at radius 2 is 2.33 bits per heavy atom. The Hall–Kier alpha value is -0.680. The Labute approximate surface area is 97.4 Å². The summed E-state index contributed by atoms with van der Waals surface area (Å²) in [6, 6.07) is 0.143. The molecule has 1 heterocycles. The lowest BCUT2D eigenvalue weighted by Gasteiger charge is -2.24. The maximum Gasteiger partial charge on any atom is 0.123 e. The Morgan fingerprint density at radius 1 is 1.73 bits per heavy atom. The number of hydrogen-bond donors (Lipinski definition) is 1. The molecule has 84 valence electrons. The van der Waals surface area contributed by atoms with Gasteiger partial charge in [-0.1, -0.05) is 0 Å². The molecule has 0 amide bonds. The predicted octanol–water partition coefficient (Wildman–Crippen LogP) is 2.02. The molecule has 1 aromatic heterocycles. The van der Waals surface area contributed by atoms with Gasteiger partial charge in [-0.3, -0.25) is 4.68 Å². The molecule has 15 heavy (non-hydrogen) atoms. The highest BCUT2D eigenvalue weighted by molar-refractivity contribution is 9.10. The Balaban J connectivity index is 3.21. The smallest absolute Gasteiger partial charge is 0.123 e. The van der Waals surface area contributed by atoms with E-state index in [1.54, 1.807) is 17.8 Å². The monoisotopic (exact) mass is 274 g/mol. The van der Waals surface area contributed by atoms with E-state index < -0.39 is 5.60 Å². The van der Waals surface area contributed by atoms with Crippen molar-refractivity contribution in [2.45, 2.75) is 38.8 Å². The van der Waals surface area contributed by atoms with Crippen LogP contribution in [-0.2, 0) is 10.4 Å². The molecule has 0 saturated carbocycles. The second kappa shape index (κ2) is 4.45. The van der Waals surface area contributed by atoms with Crippen molar-refractivity contribution in [1.82, 2.24) is 9.78 Å². The third-order valence-corrected chi connectivity index (χ3v) is 2.81. The van der Waals surface area contributed by atoms with Crippen molar-refractivity contribution in [1.29, 1.82) is 0 Å². The minimum absolute atomic E-state index is 0.0595. The molecule has 0 aliphatic rings. The van der Waals surface area contributed by atoms with Gasteiger partial charge in [-0.05, 0) is 36.7 Å². The van der Waals surface area contributed by atoms with Crippen molar-refractivity contribution in [3.63, 3.8) is 0 Å². The molecule has 0 aromatic carbocycles. The number of rotatable bonds is 4. The van der Waals surface area contributed by atoms with E-state index in [1.807, 2.05) is 13.8 Å². The fourth-order valence-electron chi connectivity index (χ4n) is 1.50. The van der Waals surface area contributed by atoms with E-state index in [1.165, 1.54) is 0 Å². The molecular weight excluding hydrogens is 260 g/mol. The Kier molecular flexibility index (Phi) is 3.67. The van der Waals surface area contributed by atoms with Crippen LogP contribution in [0.5, 0.6) is 0 Å². The highest BCUT2D eigenvalue weighted by atomic mass is 79.9. The van der Waals surface area contributed by atoms with Crippen molar-refractivity contribution in [2.24, 2.45) is 0 Å². The molecule has 0 fully saturated rings. The van der Waals surface area contributed by atoms with Gasteiger partial charge in [0.05, 0.1) is 16.4 Å². The van der Waals surface area contributed by atoms with Gasteiger partial charge in [0.1, 0.15) is 11.9 Å². The summed E-state index contributed by atoms with van der Waals surface area (Å²) in [5.41, 5.74) is -0.536. The molecule has 4 nitrogen and oxygen atoms in total. The average Bonchev–Trinajstić information content (AvgIpc) is 2.47. The SMILES string of the molecule is CC(C)n1ncc(Br)c1C(C)(O)CC=O. The summed E-state index contributed by atoms with van der Waals surface area (Å²) in [4.78, 5) is 10.5. The van der Waals surface area contributed by atoms with E-state index in [9.17, 15) is 9.90 Å². The fourth-order valence-corrected chi connectivity index (χ4v) is 2.20. The van der Waals surface area contributed by atoms with Crippen LogP contribution in [-0.4, -0.2) is 21.2 Å². The van der Waals surface area contributed by atoms with E-state index in [-0.39, 0.29) is 12.5 Å². The van der Waals surface area contributed by atoms with Crippen LogP contribution in [0, 0.1) is 0 Å². The predicted molar refractivity (Wildman–Crippen MR) is 60.6 cm³/mol. The summed E-state index contributed by atoms with van der Waals surface area (Å²) in [6.45, 7) is 5.56. The number of carbonyl (C=O) groups is 1. The zero-order chi connectivity index (χ0) is 11.6. The van der Waals surface area contributed by atoms with Gasteiger partial charge in [-0.25, -0.2) is 0 Å². The number of aromatic nitrogens is 2. The number of aldehydes is 1. The lowest BCUT2D eigenvalue weighted by molar-refractivity contribution is -0.112. The van der Waals surface area contributed by atoms with Crippen molar-refractivity contribution < 1.29 is 9.90 Å². The number of halogens is 1. The van der Waals surface area contributed by atoms with Crippen molar-refractivity contribution in [3.05, 3.63) is 16.4 Å². The second-order valence-corrected chi connectivity index (χ2v) is 4.88. The van der Waals surface area contributed by atoms with E-state index in [0.717, 1.165) is 4.47 Å². The summed E-state index contributed by atoms with van der Waals surface area (Å²) < 4.78 is 2.44. The fraction of sp³-hybridized carbons (Fsp3) is 0.600. The van der Waals surface area contributed by atoms with Crippen molar-refractivity contribution in [2.75, 3.05) is 0 Å². The van der Waals surface area contributed by atoms with Gasteiger partial charge < -0.3 is 9.90 Å². The van der Waals surface area contributed by atoms with Crippen LogP contribution in [0.25, 0.3) is 0 Å². The summed E-state index contributed by atoms with van der Waals surface area (Å²) in [7, 11) is 0. The summed E-state index contributed by atoms with van der Waals surface area (Å²) in [5, 5.41) is 14.3. The number of hydrogen-bond acceptors (Lipinski definition) is 3. The molecule has 1 N–H and O–H groups in total. The van der Waals surface area contributed by atoms with Crippen LogP contribution < -0.4 is 0 Å². The molecular formula is C10H15BrN2O2. The zero-order valence-corrected chi connectivity index (χ0v) is 10.7. The first-order valence-corrected chi connectivity index (χ1v) is 5.59. The largest absolute Gasteiger partial charge is 0.383 e.